The lowest BCUT2D eigenvalue weighted by atomic mass is 9.95. The second kappa shape index (κ2) is 13.6. The zero-order chi connectivity index (χ0) is 25.0. The Morgan fingerprint density at radius 1 is 0.971 bits per heavy atom. The minimum atomic E-state index is -0.571. The summed E-state index contributed by atoms with van der Waals surface area (Å²) in [5, 5.41) is 3.17. The topological polar surface area (TPSA) is 77.1 Å². The number of rotatable bonds is 12. The average molecular weight is 483 g/mol. The molecule has 2 aromatic rings. The third-order valence-corrected chi connectivity index (χ3v) is 6.47. The average Bonchev–Trinajstić information content (AvgIpc) is 2.90. The van der Waals surface area contributed by atoms with Crippen molar-refractivity contribution in [1.29, 1.82) is 0 Å². The van der Waals surface area contributed by atoms with E-state index in [9.17, 15) is 9.59 Å². The number of carbonyl (C=O) groups is 2. The number of benzene rings is 2. The molecule has 0 bridgehead atoms. The predicted octanol–water partition coefficient (Wildman–Crippen LogP) is 4.73. The molecule has 0 radical (unpaired) electrons. The van der Waals surface area contributed by atoms with Crippen LogP contribution < -0.4 is 19.5 Å². The van der Waals surface area contributed by atoms with Crippen molar-refractivity contribution in [2.45, 2.75) is 70.5 Å². The second-order valence-electron chi connectivity index (χ2n) is 9.02. The SMILES string of the molecule is COc1ccc(OCCCC(=O)N(Cc2cccc(OC)c2)[C@@H](C)C(=O)NC2CCCCC2)cc1. The van der Waals surface area contributed by atoms with E-state index in [0.717, 1.165) is 48.5 Å². The standard InChI is InChI=1S/C28H38N2O5/c1-21(28(32)29-23-10-5-4-6-11-23)30(20-22-9-7-12-26(19-22)34-3)27(31)13-8-18-35-25-16-14-24(33-2)15-17-25/h7,9,12,14-17,19,21,23H,4-6,8,10-11,13,18,20H2,1-3H3,(H,29,32)/t21-/m0/s1. The summed E-state index contributed by atoms with van der Waals surface area (Å²) in [5.74, 6) is 2.05. The fourth-order valence-electron chi connectivity index (χ4n) is 4.35. The van der Waals surface area contributed by atoms with Gasteiger partial charge in [-0.05, 0) is 68.1 Å². The van der Waals surface area contributed by atoms with Crippen molar-refractivity contribution < 1.29 is 23.8 Å². The Labute approximate surface area is 208 Å². The minimum Gasteiger partial charge on any atom is -0.497 e. The first-order valence-electron chi connectivity index (χ1n) is 12.5. The summed E-state index contributed by atoms with van der Waals surface area (Å²) in [6, 6.07) is 14.6. The molecule has 1 saturated carbocycles. The summed E-state index contributed by atoms with van der Waals surface area (Å²) in [7, 11) is 3.24. The Balaban J connectivity index is 1.60. The zero-order valence-corrected chi connectivity index (χ0v) is 21.1. The van der Waals surface area contributed by atoms with E-state index in [1.807, 2.05) is 55.5 Å². The van der Waals surface area contributed by atoms with E-state index < -0.39 is 6.04 Å². The number of hydrogen-bond donors (Lipinski definition) is 1. The molecule has 0 unspecified atom stereocenters. The number of amides is 2. The third kappa shape index (κ3) is 8.19. The van der Waals surface area contributed by atoms with Crippen LogP contribution in [0, 0.1) is 0 Å². The first-order chi connectivity index (χ1) is 17.0. The van der Waals surface area contributed by atoms with Crippen LogP contribution in [0.1, 0.15) is 57.4 Å². The van der Waals surface area contributed by atoms with Crippen molar-refractivity contribution >= 4 is 11.8 Å². The second-order valence-corrected chi connectivity index (χ2v) is 9.02. The van der Waals surface area contributed by atoms with E-state index in [1.165, 1.54) is 6.42 Å². The molecule has 1 aliphatic rings. The summed E-state index contributed by atoms with van der Waals surface area (Å²) in [6.07, 6.45) is 6.36. The molecule has 1 atom stereocenters. The number of methoxy groups -OCH3 is 2. The molecule has 1 aliphatic carbocycles. The lowest BCUT2D eigenvalue weighted by Gasteiger charge is -2.31. The van der Waals surface area contributed by atoms with Gasteiger partial charge in [0, 0.05) is 19.0 Å². The van der Waals surface area contributed by atoms with Gasteiger partial charge < -0.3 is 24.4 Å². The quantitative estimate of drug-likeness (QED) is 0.443. The van der Waals surface area contributed by atoms with Crippen LogP contribution in [0.25, 0.3) is 0 Å². The van der Waals surface area contributed by atoms with Crippen LogP contribution in [-0.4, -0.2) is 49.6 Å². The van der Waals surface area contributed by atoms with Gasteiger partial charge in [-0.3, -0.25) is 9.59 Å². The van der Waals surface area contributed by atoms with Gasteiger partial charge >= 0.3 is 0 Å². The van der Waals surface area contributed by atoms with Gasteiger partial charge in [0.25, 0.3) is 0 Å². The van der Waals surface area contributed by atoms with Gasteiger partial charge in [-0.15, -0.1) is 0 Å². The van der Waals surface area contributed by atoms with Crippen molar-refractivity contribution in [2.75, 3.05) is 20.8 Å². The largest absolute Gasteiger partial charge is 0.497 e. The number of ether oxygens (including phenoxy) is 3. The normalized spacial score (nSPS) is 14.6. The van der Waals surface area contributed by atoms with Gasteiger partial charge in [0.05, 0.1) is 20.8 Å². The molecule has 0 spiro atoms. The van der Waals surface area contributed by atoms with Crippen LogP contribution in [0.5, 0.6) is 17.2 Å². The molecule has 0 aromatic heterocycles. The molecule has 7 heteroatoms. The highest BCUT2D eigenvalue weighted by Crippen LogP contribution is 2.20. The summed E-state index contributed by atoms with van der Waals surface area (Å²) in [5.41, 5.74) is 0.921. The highest BCUT2D eigenvalue weighted by Gasteiger charge is 2.28. The van der Waals surface area contributed by atoms with Crippen molar-refractivity contribution in [2.24, 2.45) is 0 Å². The Bertz CT molecular complexity index is 941. The highest BCUT2D eigenvalue weighted by molar-refractivity contribution is 5.87. The van der Waals surface area contributed by atoms with E-state index in [2.05, 4.69) is 5.32 Å². The van der Waals surface area contributed by atoms with Crippen LogP contribution in [0.15, 0.2) is 48.5 Å². The minimum absolute atomic E-state index is 0.0718. The van der Waals surface area contributed by atoms with Crippen molar-refractivity contribution in [3.63, 3.8) is 0 Å². The first-order valence-corrected chi connectivity index (χ1v) is 12.5. The van der Waals surface area contributed by atoms with Crippen LogP contribution >= 0.6 is 0 Å². The summed E-state index contributed by atoms with van der Waals surface area (Å²) < 4.78 is 16.3. The maximum Gasteiger partial charge on any atom is 0.242 e. The van der Waals surface area contributed by atoms with E-state index in [-0.39, 0.29) is 17.9 Å². The van der Waals surface area contributed by atoms with Crippen LogP contribution in [0.4, 0.5) is 0 Å². The maximum atomic E-state index is 13.3. The van der Waals surface area contributed by atoms with Gasteiger partial charge in [0.2, 0.25) is 11.8 Å². The molecule has 1 fully saturated rings. The highest BCUT2D eigenvalue weighted by atomic mass is 16.5. The van der Waals surface area contributed by atoms with Crippen LogP contribution in [0.3, 0.4) is 0 Å². The lowest BCUT2D eigenvalue weighted by Crippen LogP contribution is -2.50. The van der Waals surface area contributed by atoms with Gasteiger partial charge in [0.1, 0.15) is 23.3 Å². The Hall–Kier alpha value is -3.22. The molecule has 35 heavy (non-hydrogen) atoms. The van der Waals surface area contributed by atoms with Crippen molar-refractivity contribution in [3.05, 3.63) is 54.1 Å². The van der Waals surface area contributed by atoms with E-state index in [4.69, 9.17) is 14.2 Å². The summed E-state index contributed by atoms with van der Waals surface area (Å²) >= 11 is 0. The van der Waals surface area contributed by atoms with Crippen LogP contribution in [-0.2, 0) is 16.1 Å². The number of nitrogens with one attached hydrogen (secondary N) is 1. The van der Waals surface area contributed by atoms with Crippen molar-refractivity contribution in [3.8, 4) is 17.2 Å². The van der Waals surface area contributed by atoms with Gasteiger partial charge in [-0.1, -0.05) is 31.4 Å². The van der Waals surface area contributed by atoms with Gasteiger partial charge in [-0.2, -0.15) is 0 Å². The predicted molar refractivity (Wildman–Crippen MR) is 136 cm³/mol. The molecule has 0 saturated heterocycles. The molecule has 0 aliphatic heterocycles. The van der Waals surface area contributed by atoms with Crippen LogP contribution in [0.2, 0.25) is 0 Å². The van der Waals surface area contributed by atoms with E-state index in [0.29, 0.717) is 26.0 Å². The Morgan fingerprint density at radius 3 is 2.34 bits per heavy atom. The number of hydrogen-bond acceptors (Lipinski definition) is 5. The molecule has 1 N–H and O–H groups in total. The maximum absolute atomic E-state index is 13.3. The smallest absolute Gasteiger partial charge is 0.242 e. The molecule has 3 rings (SSSR count). The molecule has 0 heterocycles. The van der Waals surface area contributed by atoms with Gasteiger partial charge in [-0.25, -0.2) is 0 Å². The fraction of sp³-hybridized carbons (Fsp3) is 0.500. The van der Waals surface area contributed by atoms with Crippen molar-refractivity contribution in [1.82, 2.24) is 10.2 Å². The zero-order valence-electron chi connectivity index (χ0n) is 21.1. The monoisotopic (exact) mass is 482 g/mol. The Morgan fingerprint density at radius 2 is 1.66 bits per heavy atom. The molecule has 190 valence electrons. The first kappa shape index (κ1) is 26.4. The fourth-order valence-corrected chi connectivity index (χ4v) is 4.35. The van der Waals surface area contributed by atoms with E-state index >= 15 is 0 Å². The molecule has 2 aromatic carbocycles. The third-order valence-electron chi connectivity index (χ3n) is 6.47. The number of carbonyl (C=O) groups excluding carboxylic acids is 2. The molecule has 7 nitrogen and oxygen atoms in total. The van der Waals surface area contributed by atoms with Gasteiger partial charge in [0.15, 0.2) is 0 Å². The number of nitrogens with zero attached hydrogens (tertiary/aromatic N) is 1. The summed E-state index contributed by atoms with van der Waals surface area (Å²) in [6.45, 7) is 2.56. The molecular weight excluding hydrogens is 444 g/mol. The molecular formula is C28H38N2O5. The molecule has 2 amide bonds. The summed E-state index contributed by atoms with van der Waals surface area (Å²) in [4.78, 5) is 28.0. The lowest BCUT2D eigenvalue weighted by molar-refractivity contribution is -0.141. The Kier molecular flexibility index (Phi) is 10.3. The van der Waals surface area contributed by atoms with E-state index in [1.54, 1.807) is 19.1 Å².